The summed E-state index contributed by atoms with van der Waals surface area (Å²) in [5, 5.41) is 1.39. The van der Waals surface area contributed by atoms with Crippen LogP contribution >= 0.6 is 0 Å². The van der Waals surface area contributed by atoms with Gasteiger partial charge in [0.25, 0.3) is 0 Å². The van der Waals surface area contributed by atoms with E-state index in [2.05, 4.69) is 49.6 Å². The first-order chi connectivity index (χ1) is 8.15. The second-order valence-corrected chi connectivity index (χ2v) is 4.86. The fourth-order valence-corrected chi connectivity index (χ4v) is 2.42. The van der Waals surface area contributed by atoms with E-state index in [4.69, 9.17) is 4.74 Å². The third-order valence-electron chi connectivity index (χ3n) is 3.33. The van der Waals surface area contributed by atoms with Crippen molar-refractivity contribution in [2.75, 3.05) is 13.7 Å². The number of nitrogens with zero attached hydrogens (tertiary/aromatic N) is 1. The van der Waals surface area contributed by atoms with Crippen molar-refractivity contribution in [3.8, 4) is 0 Å². The Bertz CT molecular complexity index is 511. The predicted octanol–water partition coefficient (Wildman–Crippen LogP) is 3.72. The quantitative estimate of drug-likeness (QED) is 0.782. The number of aromatic nitrogens is 1. The Kier molecular flexibility index (Phi) is 3.53. The molecule has 0 fully saturated rings. The second kappa shape index (κ2) is 4.92. The lowest BCUT2D eigenvalue weighted by Crippen LogP contribution is -2.05. The second-order valence-electron chi connectivity index (χ2n) is 4.86. The molecule has 0 aliphatic heterocycles. The molecule has 0 saturated heterocycles. The number of hydrogen-bond acceptors (Lipinski definition) is 1. The zero-order valence-corrected chi connectivity index (χ0v) is 11.2. The summed E-state index contributed by atoms with van der Waals surface area (Å²) < 4.78 is 7.51. The van der Waals surface area contributed by atoms with Crippen molar-refractivity contribution in [3.05, 3.63) is 35.5 Å². The van der Waals surface area contributed by atoms with Gasteiger partial charge >= 0.3 is 0 Å². The third kappa shape index (κ3) is 2.22. The Labute approximate surface area is 103 Å². The molecule has 0 N–H and O–H groups in total. The molecular formula is C15H21NO. The molecule has 0 spiro atoms. The molecular weight excluding hydrogens is 210 g/mol. The van der Waals surface area contributed by atoms with Crippen LogP contribution in [0.25, 0.3) is 10.9 Å². The van der Waals surface area contributed by atoms with Gasteiger partial charge in [-0.15, -0.1) is 0 Å². The van der Waals surface area contributed by atoms with E-state index in [-0.39, 0.29) is 0 Å². The molecule has 0 saturated carbocycles. The van der Waals surface area contributed by atoms with Crippen LogP contribution < -0.4 is 0 Å². The Morgan fingerprint density at radius 3 is 2.71 bits per heavy atom. The largest absolute Gasteiger partial charge is 0.383 e. The Morgan fingerprint density at radius 2 is 2.06 bits per heavy atom. The van der Waals surface area contributed by atoms with Crippen molar-refractivity contribution in [2.24, 2.45) is 0 Å². The maximum atomic E-state index is 5.18. The van der Waals surface area contributed by atoms with Gasteiger partial charge in [-0.05, 0) is 30.5 Å². The molecule has 2 nitrogen and oxygen atoms in total. The molecule has 0 radical (unpaired) electrons. The number of methoxy groups -OCH3 is 1. The highest BCUT2D eigenvalue weighted by Gasteiger charge is 2.10. The van der Waals surface area contributed by atoms with Crippen LogP contribution in [0.3, 0.4) is 0 Å². The van der Waals surface area contributed by atoms with Crippen LogP contribution in [0.5, 0.6) is 0 Å². The first kappa shape index (κ1) is 12.2. The number of benzene rings is 1. The molecule has 2 rings (SSSR count). The van der Waals surface area contributed by atoms with Gasteiger partial charge in [-0.25, -0.2) is 0 Å². The minimum absolute atomic E-state index is 0.566. The summed E-state index contributed by atoms with van der Waals surface area (Å²) in [5.41, 5.74) is 4.07. The van der Waals surface area contributed by atoms with Gasteiger partial charge in [0.1, 0.15) is 0 Å². The lowest BCUT2D eigenvalue weighted by atomic mass is 9.99. The maximum Gasteiger partial charge on any atom is 0.0642 e. The van der Waals surface area contributed by atoms with E-state index in [0.717, 1.165) is 13.2 Å². The van der Waals surface area contributed by atoms with Gasteiger partial charge in [-0.2, -0.15) is 0 Å². The van der Waals surface area contributed by atoms with Crippen molar-refractivity contribution in [2.45, 2.75) is 33.2 Å². The summed E-state index contributed by atoms with van der Waals surface area (Å²) in [4.78, 5) is 0. The topological polar surface area (TPSA) is 14.2 Å². The highest BCUT2D eigenvalue weighted by atomic mass is 16.5. The molecule has 0 aliphatic rings. The van der Waals surface area contributed by atoms with Gasteiger partial charge in [-0.3, -0.25) is 0 Å². The standard InChI is InChI=1S/C15H21NO/c1-11(2)13-6-5-7-15-14(13)10-12(3)16(15)8-9-17-4/h5-7,10-11H,8-9H2,1-4H3. The minimum Gasteiger partial charge on any atom is -0.383 e. The van der Waals surface area contributed by atoms with E-state index in [1.165, 1.54) is 22.2 Å². The summed E-state index contributed by atoms with van der Waals surface area (Å²) in [6.45, 7) is 8.34. The number of rotatable bonds is 4. The van der Waals surface area contributed by atoms with Crippen molar-refractivity contribution >= 4 is 10.9 Å². The van der Waals surface area contributed by atoms with Gasteiger partial charge in [-0.1, -0.05) is 26.0 Å². The molecule has 1 aromatic carbocycles. The normalized spacial score (nSPS) is 11.6. The van der Waals surface area contributed by atoms with Crippen LogP contribution in [0.2, 0.25) is 0 Å². The van der Waals surface area contributed by atoms with Gasteiger partial charge in [0.2, 0.25) is 0 Å². The summed E-state index contributed by atoms with van der Waals surface area (Å²) in [7, 11) is 1.75. The van der Waals surface area contributed by atoms with Crippen molar-refractivity contribution < 1.29 is 4.74 Å². The van der Waals surface area contributed by atoms with Crippen molar-refractivity contribution in [1.82, 2.24) is 4.57 Å². The van der Waals surface area contributed by atoms with Crippen LogP contribution in [0.1, 0.15) is 31.0 Å². The Balaban J connectivity index is 2.55. The SMILES string of the molecule is COCCn1c(C)cc2c(C(C)C)cccc21. The molecule has 0 aliphatic carbocycles. The number of hydrogen-bond donors (Lipinski definition) is 0. The van der Waals surface area contributed by atoms with Crippen molar-refractivity contribution in [3.63, 3.8) is 0 Å². The fourth-order valence-electron chi connectivity index (χ4n) is 2.42. The van der Waals surface area contributed by atoms with Gasteiger partial charge in [0.05, 0.1) is 6.61 Å². The van der Waals surface area contributed by atoms with E-state index >= 15 is 0 Å². The average Bonchev–Trinajstić information content (AvgIpc) is 2.61. The zero-order chi connectivity index (χ0) is 12.4. The van der Waals surface area contributed by atoms with E-state index in [0.29, 0.717) is 5.92 Å². The highest BCUT2D eigenvalue weighted by molar-refractivity contribution is 5.85. The van der Waals surface area contributed by atoms with Crippen molar-refractivity contribution in [1.29, 1.82) is 0 Å². The smallest absolute Gasteiger partial charge is 0.0642 e. The first-order valence-corrected chi connectivity index (χ1v) is 6.23. The minimum atomic E-state index is 0.566. The molecule has 17 heavy (non-hydrogen) atoms. The van der Waals surface area contributed by atoms with E-state index in [1.54, 1.807) is 7.11 Å². The molecule has 0 bridgehead atoms. The third-order valence-corrected chi connectivity index (χ3v) is 3.33. The van der Waals surface area contributed by atoms with Crippen LogP contribution in [0.15, 0.2) is 24.3 Å². The molecule has 2 heteroatoms. The summed E-state index contributed by atoms with van der Waals surface area (Å²) >= 11 is 0. The van der Waals surface area contributed by atoms with Crippen LogP contribution in [-0.2, 0) is 11.3 Å². The monoisotopic (exact) mass is 231 g/mol. The zero-order valence-electron chi connectivity index (χ0n) is 11.2. The summed E-state index contributed by atoms with van der Waals surface area (Å²) in [6, 6.07) is 8.87. The Hall–Kier alpha value is -1.28. The Morgan fingerprint density at radius 1 is 1.29 bits per heavy atom. The molecule has 1 heterocycles. The lowest BCUT2D eigenvalue weighted by Gasteiger charge is -2.10. The molecule has 92 valence electrons. The lowest BCUT2D eigenvalue weighted by molar-refractivity contribution is 0.188. The van der Waals surface area contributed by atoms with Crippen LogP contribution in [0, 0.1) is 6.92 Å². The predicted molar refractivity (Wildman–Crippen MR) is 72.6 cm³/mol. The fraction of sp³-hybridized carbons (Fsp3) is 0.467. The van der Waals surface area contributed by atoms with Crippen LogP contribution in [-0.4, -0.2) is 18.3 Å². The van der Waals surface area contributed by atoms with Gasteiger partial charge in [0, 0.05) is 30.3 Å². The van der Waals surface area contributed by atoms with Gasteiger partial charge in [0.15, 0.2) is 0 Å². The van der Waals surface area contributed by atoms with E-state index in [1.807, 2.05) is 0 Å². The maximum absolute atomic E-state index is 5.18. The highest BCUT2D eigenvalue weighted by Crippen LogP contribution is 2.28. The van der Waals surface area contributed by atoms with E-state index < -0.39 is 0 Å². The molecule has 0 unspecified atom stereocenters. The molecule has 0 atom stereocenters. The van der Waals surface area contributed by atoms with Gasteiger partial charge < -0.3 is 9.30 Å². The number of ether oxygens (including phenoxy) is 1. The number of fused-ring (bicyclic) bond motifs is 1. The average molecular weight is 231 g/mol. The number of aryl methyl sites for hydroxylation is 1. The van der Waals surface area contributed by atoms with Crippen LogP contribution in [0.4, 0.5) is 0 Å². The molecule has 1 aromatic heterocycles. The molecule has 2 aromatic rings. The molecule has 0 amide bonds. The first-order valence-electron chi connectivity index (χ1n) is 6.23. The van der Waals surface area contributed by atoms with E-state index in [9.17, 15) is 0 Å². The summed E-state index contributed by atoms with van der Waals surface area (Å²) in [5.74, 6) is 0.566. The summed E-state index contributed by atoms with van der Waals surface area (Å²) in [6.07, 6.45) is 0.